The molecule has 3 rings (SSSR count). The van der Waals surface area contributed by atoms with Crippen molar-refractivity contribution in [3.8, 4) is 23.0 Å². The van der Waals surface area contributed by atoms with Gasteiger partial charge in [0.15, 0.2) is 11.5 Å². The molecule has 1 amide bonds. The molecule has 0 aromatic heterocycles. The van der Waals surface area contributed by atoms with Crippen molar-refractivity contribution >= 4 is 45.0 Å². The summed E-state index contributed by atoms with van der Waals surface area (Å²) in [5.41, 5.74) is 1.27. The summed E-state index contributed by atoms with van der Waals surface area (Å²) in [4.78, 5) is 12.9. The number of nitrogens with zero attached hydrogens (tertiary/aromatic N) is 1. The molecular formula is C27H31ClN2O7S2. The van der Waals surface area contributed by atoms with Gasteiger partial charge in [0.25, 0.3) is 10.0 Å². The van der Waals surface area contributed by atoms with Crippen LogP contribution in [0.3, 0.4) is 0 Å². The third-order valence-electron chi connectivity index (χ3n) is 5.64. The average molecular weight is 595 g/mol. The largest absolute Gasteiger partial charge is 0.497 e. The monoisotopic (exact) mass is 594 g/mol. The molecule has 0 aliphatic carbocycles. The summed E-state index contributed by atoms with van der Waals surface area (Å²) in [6.45, 7) is -0.126. The van der Waals surface area contributed by atoms with Crippen LogP contribution in [-0.2, 0) is 20.6 Å². The summed E-state index contributed by atoms with van der Waals surface area (Å²) >= 11 is 7.56. The van der Waals surface area contributed by atoms with Crippen molar-refractivity contribution < 1.29 is 32.2 Å². The van der Waals surface area contributed by atoms with Gasteiger partial charge in [-0.25, -0.2) is 8.42 Å². The van der Waals surface area contributed by atoms with Crippen LogP contribution in [0.2, 0.25) is 5.02 Å². The van der Waals surface area contributed by atoms with Crippen LogP contribution >= 0.6 is 23.4 Å². The second kappa shape index (κ2) is 14.2. The Kier molecular flexibility index (Phi) is 11.0. The van der Waals surface area contributed by atoms with Crippen LogP contribution in [0.1, 0.15) is 5.56 Å². The number of hydrogen-bond donors (Lipinski definition) is 1. The van der Waals surface area contributed by atoms with E-state index in [1.807, 2.05) is 24.3 Å². The van der Waals surface area contributed by atoms with Crippen LogP contribution in [0.5, 0.6) is 23.0 Å². The molecule has 9 nitrogen and oxygen atoms in total. The quantitative estimate of drug-likeness (QED) is 0.270. The van der Waals surface area contributed by atoms with E-state index in [1.165, 1.54) is 52.7 Å². The number of hydrogen-bond acceptors (Lipinski definition) is 8. The van der Waals surface area contributed by atoms with Gasteiger partial charge in [0.2, 0.25) is 5.91 Å². The van der Waals surface area contributed by atoms with Crippen molar-refractivity contribution in [3.63, 3.8) is 0 Å². The van der Waals surface area contributed by atoms with Gasteiger partial charge in [-0.15, -0.1) is 0 Å². The maximum absolute atomic E-state index is 13.9. The maximum Gasteiger partial charge on any atom is 0.265 e. The van der Waals surface area contributed by atoms with Gasteiger partial charge < -0.3 is 24.3 Å². The van der Waals surface area contributed by atoms with Crippen LogP contribution in [-0.4, -0.2) is 61.6 Å². The number of halogens is 1. The molecule has 3 aromatic carbocycles. The van der Waals surface area contributed by atoms with E-state index in [1.54, 1.807) is 23.9 Å². The molecule has 39 heavy (non-hydrogen) atoms. The van der Waals surface area contributed by atoms with E-state index in [-0.39, 0.29) is 22.1 Å². The molecule has 0 aliphatic heterocycles. The lowest BCUT2D eigenvalue weighted by Gasteiger charge is -2.26. The number of carbonyl (C=O) groups excluding carboxylic acids is 1. The van der Waals surface area contributed by atoms with Crippen LogP contribution in [0.25, 0.3) is 0 Å². The van der Waals surface area contributed by atoms with Gasteiger partial charge in [-0.05, 0) is 42.0 Å². The highest BCUT2D eigenvalue weighted by Crippen LogP contribution is 2.37. The molecule has 0 saturated carbocycles. The Bertz CT molecular complexity index is 1370. The normalized spacial score (nSPS) is 11.0. The van der Waals surface area contributed by atoms with Gasteiger partial charge in [0, 0.05) is 35.2 Å². The number of anilines is 1. The highest BCUT2D eigenvalue weighted by atomic mass is 35.5. The minimum absolute atomic E-state index is 0.0867. The zero-order valence-electron chi connectivity index (χ0n) is 22.1. The Labute approximate surface area is 238 Å². The number of ether oxygens (including phenoxy) is 4. The summed E-state index contributed by atoms with van der Waals surface area (Å²) in [7, 11) is 1.50. The molecule has 0 radical (unpaired) electrons. The summed E-state index contributed by atoms with van der Waals surface area (Å²) in [5.74, 6) is 2.18. The molecule has 0 heterocycles. The lowest BCUT2D eigenvalue weighted by atomic mass is 10.2. The molecule has 0 saturated heterocycles. The summed E-state index contributed by atoms with van der Waals surface area (Å²) in [5, 5.41) is 3.48. The summed E-state index contributed by atoms with van der Waals surface area (Å²) in [6, 6.07) is 16.5. The molecule has 1 N–H and O–H groups in total. The molecule has 210 valence electrons. The highest BCUT2D eigenvalue weighted by Gasteiger charge is 2.31. The molecule has 0 spiro atoms. The first-order valence-electron chi connectivity index (χ1n) is 11.8. The zero-order valence-corrected chi connectivity index (χ0v) is 24.5. The number of amides is 1. The van der Waals surface area contributed by atoms with E-state index in [4.69, 9.17) is 30.5 Å². The molecule has 0 unspecified atom stereocenters. The first-order chi connectivity index (χ1) is 18.7. The summed E-state index contributed by atoms with van der Waals surface area (Å²) in [6.07, 6.45) is 0. The van der Waals surface area contributed by atoms with E-state index in [0.717, 1.165) is 15.6 Å². The lowest BCUT2D eigenvalue weighted by Crippen LogP contribution is -2.41. The minimum Gasteiger partial charge on any atom is -0.497 e. The van der Waals surface area contributed by atoms with Gasteiger partial charge in [-0.1, -0.05) is 23.7 Å². The molecule has 0 aliphatic rings. The molecular weight excluding hydrogens is 564 g/mol. The Morgan fingerprint density at radius 2 is 1.54 bits per heavy atom. The zero-order chi connectivity index (χ0) is 28.4. The van der Waals surface area contributed by atoms with Crippen molar-refractivity contribution in [3.05, 3.63) is 71.2 Å². The minimum atomic E-state index is -4.25. The second-order valence-electron chi connectivity index (χ2n) is 8.10. The van der Waals surface area contributed by atoms with Crippen LogP contribution < -0.4 is 28.6 Å². The van der Waals surface area contributed by atoms with Gasteiger partial charge >= 0.3 is 0 Å². The van der Waals surface area contributed by atoms with Gasteiger partial charge in [0.05, 0.1) is 39.0 Å². The Morgan fingerprint density at radius 3 is 2.18 bits per heavy atom. The standard InChI is InChI=1S/C27H31ClN2O7S2/c1-34-21-9-11-24(35-2)23(15-21)30(39(32,33)22-10-12-25(36-3)26(16-22)37-4)17-27(31)29-13-14-38-18-19-5-7-20(28)8-6-19/h5-12,15-16H,13-14,17-18H2,1-4H3,(H,29,31). The number of methoxy groups -OCH3 is 4. The topological polar surface area (TPSA) is 103 Å². The van der Waals surface area contributed by atoms with Gasteiger partial charge in [-0.3, -0.25) is 9.10 Å². The molecule has 12 heteroatoms. The molecule has 3 aromatic rings. The highest BCUT2D eigenvalue weighted by molar-refractivity contribution is 7.98. The van der Waals surface area contributed by atoms with E-state index < -0.39 is 22.5 Å². The number of thioether (sulfide) groups is 1. The van der Waals surface area contributed by atoms with E-state index in [2.05, 4.69) is 5.32 Å². The first kappa shape index (κ1) is 30.3. The predicted octanol–water partition coefficient (Wildman–Crippen LogP) is 4.62. The summed E-state index contributed by atoms with van der Waals surface area (Å²) < 4.78 is 50.1. The number of sulfonamides is 1. The smallest absolute Gasteiger partial charge is 0.265 e. The fourth-order valence-corrected chi connectivity index (χ4v) is 6.00. The molecule has 0 atom stereocenters. The second-order valence-corrected chi connectivity index (χ2v) is 11.5. The number of carbonyl (C=O) groups is 1. The van der Waals surface area contributed by atoms with Crippen LogP contribution in [0, 0.1) is 0 Å². The number of nitrogens with one attached hydrogen (secondary N) is 1. The SMILES string of the molecule is COc1ccc(OC)c(N(CC(=O)NCCSCc2ccc(Cl)cc2)S(=O)(=O)c2ccc(OC)c(OC)c2)c1. The van der Waals surface area contributed by atoms with Crippen molar-refractivity contribution in [2.75, 3.05) is 51.6 Å². The fraction of sp³-hybridized carbons (Fsp3) is 0.296. The third-order valence-corrected chi connectivity index (χ3v) is 8.67. The Hall–Kier alpha value is -3.28. The van der Waals surface area contributed by atoms with Crippen LogP contribution in [0.4, 0.5) is 5.69 Å². The van der Waals surface area contributed by atoms with Gasteiger partial charge in [0.1, 0.15) is 18.0 Å². The number of rotatable bonds is 14. The molecule has 0 fully saturated rings. The third kappa shape index (κ3) is 7.87. The van der Waals surface area contributed by atoms with E-state index >= 15 is 0 Å². The molecule has 0 bridgehead atoms. The van der Waals surface area contributed by atoms with Crippen molar-refractivity contribution in [1.82, 2.24) is 5.32 Å². The number of benzene rings is 3. The Morgan fingerprint density at radius 1 is 0.872 bits per heavy atom. The van der Waals surface area contributed by atoms with E-state index in [0.29, 0.717) is 28.8 Å². The van der Waals surface area contributed by atoms with Crippen molar-refractivity contribution in [2.24, 2.45) is 0 Å². The maximum atomic E-state index is 13.9. The first-order valence-corrected chi connectivity index (χ1v) is 14.8. The van der Waals surface area contributed by atoms with Crippen molar-refractivity contribution in [1.29, 1.82) is 0 Å². The lowest BCUT2D eigenvalue weighted by molar-refractivity contribution is -0.119. The fourth-order valence-electron chi connectivity index (χ4n) is 3.62. The predicted molar refractivity (Wildman–Crippen MR) is 154 cm³/mol. The average Bonchev–Trinajstić information content (AvgIpc) is 2.95. The van der Waals surface area contributed by atoms with Crippen LogP contribution in [0.15, 0.2) is 65.6 Å². The van der Waals surface area contributed by atoms with Gasteiger partial charge in [-0.2, -0.15) is 11.8 Å². The Balaban J connectivity index is 1.82. The van der Waals surface area contributed by atoms with Crippen molar-refractivity contribution in [2.45, 2.75) is 10.6 Å². The van der Waals surface area contributed by atoms with E-state index in [9.17, 15) is 13.2 Å².